The topological polar surface area (TPSA) is 53.1 Å². The van der Waals surface area contributed by atoms with E-state index in [1.54, 1.807) is 0 Å². The van der Waals surface area contributed by atoms with Gasteiger partial charge in [-0.15, -0.1) is 0 Å². The summed E-state index contributed by atoms with van der Waals surface area (Å²) in [5.74, 6) is 1.40. The molecule has 0 spiro atoms. The summed E-state index contributed by atoms with van der Waals surface area (Å²) in [5.41, 5.74) is 8.81. The van der Waals surface area contributed by atoms with Crippen LogP contribution in [0.15, 0.2) is 30.6 Å². The van der Waals surface area contributed by atoms with Gasteiger partial charge in [-0.1, -0.05) is 13.8 Å². The van der Waals surface area contributed by atoms with E-state index in [-0.39, 0.29) is 6.10 Å². The molecule has 108 valence electrons. The molecule has 1 aromatic heterocycles. The summed E-state index contributed by atoms with van der Waals surface area (Å²) in [5, 5.41) is 4.38. The van der Waals surface area contributed by atoms with Crippen molar-refractivity contribution in [2.45, 2.75) is 40.3 Å². The van der Waals surface area contributed by atoms with Gasteiger partial charge in [0.25, 0.3) is 0 Å². The molecule has 0 saturated carbocycles. The molecule has 0 radical (unpaired) electrons. The van der Waals surface area contributed by atoms with E-state index in [9.17, 15) is 0 Å². The minimum Gasteiger partial charge on any atom is -0.491 e. The van der Waals surface area contributed by atoms with E-state index in [1.165, 1.54) is 0 Å². The molecule has 0 saturated heterocycles. The van der Waals surface area contributed by atoms with Gasteiger partial charge in [-0.25, -0.2) is 0 Å². The van der Waals surface area contributed by atoms with Gasteiger partial charge >= 0.3 is 0 Å². The number of nitrogen functional groups attached to an aromatic ring is 1. The van der Waals surface area contributed by atoms with E-state index in [1.807, 2.05) is 49.1 Å². The first kappa shape index (κ1) is 14.4. The molecule has 1 aromatic carbocycles. The lowest BCUT2D eigenvalue weighted by Gasteiger charge is -2.12. The van der Waals surface area contributed by atoms with Gasteiger partial charge in [0.1, 0.15) is 5.75 Å². The van der Waals surface area contributed by atoms with Crippen molar-refractivity contribution in [2.24, 2.45) is 5.92 Å². The lowest BCUT2D eigenvalue weighted by molar-refractivity contribution is 0.242. The molecule has 4 heteroatoms. The Morgan fingerprint density at radius 3 is 2.65 bits per heavy atom. The molecule has 0 atom stereocenters. The maximum atomic E-state index is 6.07. The van der Waals surface area contributed by atoms with Crippen LogP contribution < -0.4 is 10.5 Å². The predicted molar refractivity (Wildman–Crippen MR) is 82.7 cm³/mol. The standard InChI is InChI=1S/C16H23N3O/c1-11(2)9-19-10-13(8-18-19)15-7-14(20-12(3)4)5-6-16(15)17/h5-8,10-12H,9,17H2,1-4H3. The Bertz CT molecular complexity index is 573. The fourth-order valence-corrected chi connectivity index (χ4v) is 2.11. The van der Waals surface area contributed by atoms with E-state index in [2.05, 4.69) is 18.9 Å². The molecule has 4 nitrogen and oxygen atoms in total. The molecule has 0 amide bonds. The first-order chi connectivity index (χ1) is 9.45. The molecule has 0 fully saturated rings. The lowest BCUT2D eigenvalue weighted by Crippen LogP contribution is -2.05. The minimum absolute atomic E-state index is 0.148. The zero-order chi connectivity index (χ0) is 14.7. The quantitative estimate of drug-likeness (QED) is 0.847. The predicted octanol–water partition coefficient (Wildman–Crippen LogP) is 3.58. The van der Waals surface area contributed by atoms with E-state index >= 15 is 0 Å². The highest BCUT2D eigenvalue weighted by Crippen LogP contribution is 2.30. The van der Waals surface area contributed by atoms with Crippen molar-refractivity contribution in [1.82, 2.24) is 9.78 Å². The van der Waals surface area contributed by atoms with Crippen molar-refractivity contribution in [3.05, 3.63) is 30.6 Å². The van der Waals surface area contributed by atoms with Crippen LogP contribution in [0.2, 0.25) is 0 Å². The summed E-state index contributed by atoms with van der Waals surface area (Å²) >= 11 is 0. The van der Waals surface area contributed by atoms with Gasteiger partial charge in [-0.3, -0.25) is 4.68 Å². The fraction of sp³-hybridized carbons (Fsp3) is 0.438. The Kier molecular flexibility index (Phi) is 4.32. The first-order valence-electron chi connectivity index (χ1n) is 7.04. The van der Waals surface area contributed by atoms with E-state index in [0.29, 0.717) is 5.92 Å². The molecule has 0 unspecified atom stereocenters. The molecular formula is C16H23N3O. The lowest BCUT2D eigenvalue weighted by atomic mass is 10.1. The number of anilines is 1. The Hall–Kier alpha value is -1.97. The number of ether oxygens (including phenoxy) is 1. The summed E-state index contributed by atoms with van der Waals surface area (Å²) in [6.45, 7) is 9.27. The molecule has 2 aromatic rings. The highest BCUT2D eigenvalue weighted by molar-refractivity contribution is 5.76. The van der Waals surface area contributed by atoms with Gasteiger partial charge in [0, 0.05) is 29.6 Å². The number of benzene rings is 1. The van der Waals surface area contributed by atoms with Crippen LogP contribution in [0.5, 0.6) is 5.75 Å². The second kappa shape index (κ2) is 5.99. The van der Waals surface area contributed by atoms with Crippen LogP contribution in [0.1, 0.15) is 27.7 Å². The molecule has 0 bridgehead atoms. The van der Waals surface area contributed by atoms with Crippen LogP contribution in [0.4, 0.5) is 5.69 Å². The largest absolute Gasteiger partial charge is 0.491 e. The van der Waals surface area contributed by atoms with Crippen molar-refractivity contribution in [2.75, 3.05) is 5.73 Å². The molecule has 0 aliphatic heterocycles. The molecule has 0 aliphatic carbocycles. The Balaban J connectivity index is 2.29. The SMILES string of the molecule is CC(C)Cn1cc(-c2cc(OC(C)C)ccc2N)cn1. The number of aromatic nitrogens is 2. The summed E-state index contributed by atoms with van der Waals surface area (Å²) < 4.78 is 7.67. The average Bonchev–Trinajstić information content (AvgIpc) is 2.78. The van der Waals surface area contributed by atoms with Gasteiger partial charge in [-0.2, -0.15) is 5.10 Å². The second-order valence-electron chi connectivity index (χ2n) is 5.76. The highest BCUT2D eigenvalue weighted by Gasteiger charge is 2.09. The van der Waals surface area contributed by atoms with Gasteiger partial charge in [-0.05, 0) is 38.0 Å². The normalized spacial score (nSPS) is 11.3. The van der Waals surface area contributed by atoms with Crippen LogP contribution in [0, 0.1) is 5.92 Å². The minimum atomic E-state index is 0.148. The van der Waals surface area contributed by atoms with Gasteiger partial charge in [0.2, 0.25) is 0 Å². The summed E-state index contributed by atoms with van der Waals surface area (Å²) in [4.78, 5) is 0. The van der Waals surface area contributed by atoms with Crippen LogP contribution in [0.25, 0.3) is 11.1 Å². The van der Waals surface area contributed by atoms with Crippen molar-refractivity contribution in [3.8, 4) is 16.9 Å². The Morgan fingerprint density at radius 2 is 2.00 bits per heavy atom. The number of hydrogen-bond acceptors (Lipinski definition) is 3. The maximum Gasteiger partial charge on any atom is 0.120 e. The number of nitrogens with two attached hydrogens (primary N) is 1. The van der Waals surface area contributed by atoms with Crippen LogP contribution >= 0.6 is 0 Å². The smallest absolute Gasteiger partial charge is 0.120 e. The Morgan fingerprint density at radius 1 is 1.25 bits per heavy atom. The van der Waals surface area contributed by atoms with Gasteiger partial charge in [0.15, 0.2) is 0 Å². The molecule has 2 N–H and O–H groups in total. The molecular weight excluding hydrogens is 250 g/mol. The van der Waals surface area contributed by atoms with Crippen molar-refractivity contribution >= 4 is 5.69 Å². The van der Waals surface area contributed by atoms with Crippen LogP contribution in [-0.2, 0) is 6.54 Å². The first-order valence-corrected chi connectivity index (χ1v) is 7.04. The zero-order valence-electron chi connectivity index (χ0n) is 12.6. The maximum absolute atomic E-state index is 6.07. The summed E-state index contributed by atoms with van der Waals surface area (Å²) in [6, 6.07) is 5.76. The molecule has 0 aliphatic rings. The Labute approximate surface area is 120 Å². The van der Waals surface area contributed by atoms with Crippen LogP contribution in [0.3, 0.4) is 0 Å². The monoisotopic (exact) mass is 273 g/mol. The van der Waals surface area contributed by atoms with Crippen molar-refractivity contribution in [1.29, 1.82) is 0 Å². The number of rotatable bonds is 5. The number of hydrogen-bond donors (Lipinski definition) is 1. The third kappa shape index (κ3) is 3.53. The van der Waals surface area contributed by atoms with E-state index < -0.39 is 0 Å². The highest BCUT2D eigenvalue weighted by atomic mass is 16.5. The average molecular weight is 273 g/mol. The van der Waals surface area contributed by atoms with Gasteiger partial charge < -0.3 is 10.5 Å². The third-order valence-electron chi connectivity index (χ3n) is 2.89. The number of nitrogens with zero attached hydrogens (tertiary/aromatic N) is 2. The van der Waals surface area contributed by atoms with Crippen molar-refractivity contribution in [3.63, 3.8) is 0 Å². The van der Waals surface area contributed by atoms with Gasteiger partial charge in [0.05, 0.1) is 12.3 Å². The summed E-state index contributed by atoms with van der Waals surface area (Å²) in [6.07, 6.45) is 4.04. The van der Waals surface area contributed by atoms with Crippen molar-refractivity contribution < 1.29 is 4.74 Å². The van der Waals surface area contributed by atoms with E-state index in [0.717, 1.165) is 29.1 Å². The van der Waals surface area contributed by atoms with Crippen LogP contribution in [-0.4, -0.2) is 15.9 Å². The molecule has 2 rings (SSSR count). The molecule has 20 heavy (non-hydrogen) atoms. The second-order valence-corrected chi connectivity index (χ2v) is 5.76. The third-order valence-corrected chi connectivity index (χ3v) is 2.89. The molecule has 1 heterocycles. The fourth-order valence-electron chi connectivity index (χ4n) is 2.11. The zero-order valence-corrected chi connectivity index (χ0v) is 12.6. The summed E-state index contributed by atoms with van der Waals surface area (Å²) in [7, 11) is 0. The van der Waals surface area contributed by atoms with E-state index in [4.69, 9.17) is 10.5 Å².